The number of aliphatic carboxylic acids is 1. The highest BCUT2D eigenvalue weighted by molar-refractivity contribution is 5.84. The van der Waals surface area contributed by atoms with Crippen LogP contribution in [0.3, 0.4) is 0 Å². The summed E-state index contributed by atoms with van der Waals surface area (Å²) < 4.78 is 1.09. The Balaban J connectivity index is 1.87. The van der Waals surface area contributed by atoms with E-state index in [0.29, 0.717) is 30.2 Å². The molecule has 2 heterocycles. The van der Waals surface area contributed by atoms with E-state index in [2.05, 4.69) is 5.10 Å². The van der Waals surface area contributed by atoms with Crippen LogP contribution in [-0.4, -0.2) is 44.3 Å². The van der Waals surface area contributed by atoms with Gasteiger partial charge in [-0.1, -0.05) is 18.2 Å². The normalized spacial score (nSPS) is 17.8. The molecule has 1 N–H and O–H groups in total. The van der Waals surface area contributed by atoms with Crippen LogP contribution in [0.4, 0.5) is 0 Å². The van der Waals surface area contributed by atoms with Crippen molar-refractivity contribution in [1.82, 2.24) is 14.7 Å². The third-order valence-corrected chi connectivity index (χ3v) is 3.91. The summed E-state index contributed by atoms with van der Waals surface area (Å²) in [7, 11) is 0. The van der Waals surface area contributed by atoms with E-state index >= 15 is 0 Å². The Morgan fingerprint density at radius 3 is 2.86 bits per heavy atom. The highest BCUT2D eigenvalue weighted by Crippen LogP contribution is 2.17. The number of benzene rings is 1. The molecule has 7 heteroatoms. The summed E-state index contributed by atoms with van der Waals surface area (Å²) in [6, 6.07) is 6.20. The van der Waals surface area contributed by atoms with E-state index in [0.717, 1.165) is 4.68 Å². The molecule has 3 rings (SSSR count). The van der Waals surface area contributed by atoms with Gasteiger partial charge in [-0.2, -0.15) is 5.10 Å². The first kappa shape index (κ1) is 14.2. The number of carboxylic acids is 1. The van der Waals surface area contributed by atoms with E-state index in [9.17, 15) is 14.4 Å². The van der Waals surface area contributed by atoms with Crippen LogP contribution >= 0.6 is 0 Å². The summed E-state index contributed by atoms with van der Waals surface area (Å²) in [5, 5.41) is 14.3. The quantitative estimate of drug-likeness (QED) is 0.889. The first-order valence-electron chi connectivity index (χ1n) is 7.05. The Kier molecular flexibility index (Phi) is 3.62. The number of amides is 1. The van der Waals surface area contributed by atoms with Crippen molar-refractivity contribution < 1.29 is 14.7 Å². The molecule has 0 aliphatic carbocycles. The summed E-state index contributed by atoms with van der Waals surface area (Å²) in [4.78, 5) is 37.0. The van der Waals surface area contributed by atoms with Crippen LogP contribution in [-0.2, 0) is 16.1 Å². The second-order valence-corrected chi connectivity index (χ2v) is 5.28. The number of rotatable bonds is 3. The van der Waals surface area contributed by atoms with Gasteiger partial charge in [0.05, 0.1) is 11.6 Å². The van der Waals surface area contributed by atoms with E-state index in [4.69, 9.17) is 5.11 Å². The van der Waals surface area contributed by atoms with Crippen LogP contribution in [0.25, 0.3) is 10.8 Å². The topological polar surface area (TPSA) is 92.5 Å². The molecule has 1 aromatic carbocycles. The Hall–Kier alpha value is -2.70. The van der Waals surface area contributed by atoms with Gasteiger partial charge in [0.15, 0.2) is 0 Å². The second-order valence-electron chi connectivity index (χ2n) is 5.28. The smallest absolute Gasteiger partial charge is 0.326 e. The van der Waals surface area contributed by atoms with Crippen molar-refractivity contribution in [3.8, 4) is 0 Å². The zero-order chi connectivity index (χ0) is 15.7. The van der Waals surface area contributed by atoms with E-state index in [1.165, 1.54) is 11.1 Å². The zero-order valence-corrected chi connectivity index (χ0v) is 11.8. The Bertz CT molecular complexity index is 799. The molecule has 1 fully saturated rings. The molecule has 1 atom stereocenters. The Morgan fingerprint density at radius 2 is 2.09 bits per heavy atom. The molecule has 1 aliphatic heterocycles. The molecule has 1 aliphatic rings. The van der Waals surface area contributed by atoms with Crippen LogP contribution in [0.15, 0.2) is 35.3 Å². The summed E-state index contributed by atoms with van der Waals surface area (Å²) in [6.45, 7) is 0.158. The number of aromatic nitrogens is 2. The van der Waals surface area contributed by atoms with E-state index in [1.807, 2.05) is 0 Å². The van der Waals surface area contributed by atoms with Crippen LogP contribution in [0, 0.1) is 0 Å². The lowest BCUT2D eigenvalue weighted by molar-refractivity contribution is -0.148. The minimum atomic E-state index is -1.01. The zero-order valence-electron chi connectivity index (χ0n) is 11.8. The van der Waals surface area contributed by atoms with Gasteiger partial charge < -0.3 is 10.0 Å². The lowest BCUT2D eigenvalue weighted by Crippen LogP contribution is -2.43. The van der Waals surface area contributed by atoms with Crippen molar-refractivity contribution in [3.05, 3.63) is 40.8 Å². The monoisotopic (exact) mass is 301 g/mol. The van der Waals surface area contributed by atoms with Gasteiger partial charge in [0.25, 0.3) is 5.56 Å². The van der Waals surface area contributed by atoms with Gasteiger partial charge in [0, 0.05) is 11.9 Å². The van der Waals surface area contributed by atoms with Gasteiger partial charge in [0.2, 0.25) is 5.91 Å². The molecule has 7 nitrogen and oxygen atoms in total. The van der Waals surface area contributed by atoms with Crippen molar-refractivity contribution in [3.63, 3.8) is 0 Å². The Labute approximate surface area is 125 Å². The minimum Gasteiger partial charge on any atom is -0.480 e. The molecule has 1 unspecified atom stereocenters. The van der Waals surface area contributed by atoms with E-state index in [-0.39, 0.29) is 12.1 Å². The van der Waals surface area contributed by atoms with Crippen LogP contribution < -0.4 is 5.56 Å². The number of hydrogen-bond acceptors (Lipinski definition) is 4. The average molecular weight is 301 g/mol. The fourth-order valence-corrected chi connectivity index (χ4v) is 2.78. The molecule has 0 spiro atoms. The van der Waals surface area contributed by atoms with Crippen LogP contribution in [0.5, 0.6) is 0 Å². The third kappa shape index (κ3) is 2.45. The fraction of sp³-hybridized carbons (Fsp3) is 0.333. The molecular weight excluding hydrogens is 286 g/mol. The first-order valence-corrected chi connectivity index (χ1v) is 7.05. The van der Waals surface area contributed by atoms with E-state index in [1.54, 1.807) is 24.3 Å². The standard InChI is InChI=1S/C15H15N3O4/c19-13(17-7-3-6-12(17)15(21)22)9-18-14(20)11-5-2-1-4-10(11)8-16-18/h1-2,4-5,8,12H,3,6-7,9H2,(H,21,22). The minimum absolute atomic E-state index is 0.243. The van der Waals surface area contributed by atoms with Crippen molar-refractivity contribution in [2.24, 2.45) is 0 Å². The van der Waals surface area contributed by atoms with E-state index < -0.39 is 17.9 Å². The number of carbonyl (C=O) groups excluding carboxylic acids is 1. The lowest BCUT2D eigenvalue weighted by Gasteiger charge is -2.21. The number of nitrogens with zero attached hydrogens (tertiary/aromatic N) is 3. The number of carbonyl (C=O) groups is 2. The molecule has 22 heavy (non-hydrogen) atoms. The van der Waals surface area contributed by atoms with Gasteiger partial charge in [-0.15, -0.1) is 0 Å². The summed E-state index contributed by atoms with van der Waals surface area (Å²) >= 11 is 0. The average Bonchev–Trinajstić information content (AvgIpc) is 3.00. The van der Waals surface area contributed by atoms with Gasteiger partial charge >= 0.3 is 5.97 Å². The van der Waals surface area contributed by atoms with Crippen molar-refractivity contribution in [2.75, 3.05) is 6.54 Å². The predicted molar refractivity (Wildman–Crippen MR) is 78.4 cm³/mol. The van der Waals surface area contributed by atoms with Crippen molar-refractivity contribution >= 4 is 22.6 Å². The van der Waals surface area contributed by atoms with Crippen LogP contribution in [0.2, 0.25) is 0 Å². The predicted octanol–water partition coefficient (Wildman–Crippen LogP) is 0.472. The maximum atomic E-state index is 12.3. The number of likely N-dealkylation sites (tertiary alicyclic amines) is 1. The number of fused-ring (bicyclic) bond motifs is 1. The SMILES string of the molecule is O=C(O)C1CCCN1C(=O)Cn1ncc2ccccc2c1=O. The third-order valence-electron chi connectivity index (χ3n) is 3.91. The van der Waals surface area contributed by atoms with Gasteiger partial charge in [-0.05, 0) is 18.9 Å². The molecular formula is C15H15N3O4. The molecule has 2 aromatic rings. The first-order chi connectivity index (χ1) is 10.6. The highest BCUT2D eigenvalue weighted by atomic mass is 16.4. The second kappa shape index (κ2) is 5.59. The number of hydrogen-bond donors (Lipinski definition) is 1. The highest BCUT2D eigenvalue weighted by Gasteiger charge is 2.34. The molecule has 0 saturated carbocycles. The number of carboxylic acid groups (broad SMARTS) is 1. The molecule has 1 aromatic heterocycles. The lowest BCUT2D eigenvalue weighted by atomic mass is 10.2. The molecule has 1 amide bonds. The van der Waals surface area contributed by atoms with Crippen LogP contribution in [0.1, 0.15) is 12.8 Å². The van der Waals surface area contributed by atoms with Crippen molar-refractivity contribution in [2.45, 2.75) is 25.4 Å². The summed E-state index contributed by atoms with van der Waals surface area (Å²) in [5.74, 6) is -1.40. The maximum Gasteiger partial charge on any atom is 0.326 e. The van der Waals surface area contributed by atoms with Crippen molar-refractivity contribution in [1.29, 1.82) is 0 Å². The summed E-state index contributed by atoms with van der Waals surface area (Å²) in [6.07, 6.45) is 2.63. The summed E-state index contributed by atoms with van der Waals surface area (Å²) in [5.41, 5.74) is -0.350. The fourth-order valence-electron chi connectivity index (χ4n) is 2.78. The van der Waals surface area contributed by atoms with Gasteiger partial charge in [-0.3, -0.25) is 9.59 Å². The molecule has 0 radical (unpaired) electrons. The molecule has 114 valence electrons. The Morgan fingerprint density at radius 1 is 1.32 bits per heavy atom. The maximum absolute atomic E-state index is 12.3. The van der Waals surface area contributed by atoms with Gasteiger partial charge in [0.1, 0.15) is 12.6 Å². The largest absolute Gasteiger partial charge is 0.480 e. The molecule has 1 saturated heterocycles. The van der Waals surface area contributed by atoms with Gasteiger partial charge in [-0.25, -0.2) is 9.48 Å². The molecule has 0 bridgehead atoms.